The molecule has 8 nitrogen and oxygen atoms in total. The van der Waals surface area contributed by atoms with E-state index in [4.69, 9.17) is 0 Å². The van der Waals surface area contributed by atoms with E-state index in [1.807, 2.05) is 0 Å². The maximum Gasteiger partial charge on any atom is 4.00 e. The Labute approximate surface area is 258 Å². The number of hydrogen-bond donors (Lipinski definition) is 0. The van der Waals surface area contributed by atoms with Crippen LogP contribution >= 0.6 is 0 Å². The fourth-order valence-electron chi connectivity index (χ4n) is 1.03. The van der Waals surface area contributed by atoms with Gasteiger partial charge in [-0.25, -0.2) is 19.2 Å². The Morgan fingerprint density at radius 2 is 0.595 bits per heavy atom. The first-order valence-electron chi connectivity index (χ1n) is 10.4. The van der Waals surface area contributed by atoms with Crippen molar-refractivity contribution in [2.45, 2.75) is 27.7 Å². The summed E-state index contributed by atoms with van der Waals surface area (Å²) in [7, 11) is 0. The van der Waals surface area contributed by atoms with Crippen molar-refractivity contribution in [2.75, 3.05) is 49.4 Å². The minimum absolute atomic E-state index is 0. The number of carbonyl (C=O) groups excluding carboxylic acids is 4. The summed E-state index contributed by atoms with van der Waals surface area (Å²) in [5, 5.41) is 0. The molecule has 0 bridgehead atoms. The van der Waals surface area contributed by atoms with E-state index in [0.717, 1.165) is 0 Å². The van der Waals surface area contributed by atoms with Crippen molar-refractivity contribution in [1.29, 1.82) is 0 Å². The summed E-state index contributed by atoms with van der Waals surface area (Å²) in [5.74, 6) is 0.329. The molecule has 0 aromatic heterocycles. The van der Waals surface area contributed by atoms with Crippen molar-refractivity contribution in [3.05, 3.63) is 48.6 Å². The van der Waals surface area contributed by atoms with Crippen LogP contribution in [0.3, 0.4) is 0 Å². The van der Waals surface area contributed by atoms with Gasteiger partial charge < -0.3 is 69.5 Å². The van der Waals surface area contributed by atoms with E-state index in [1.54, 1.807) is 27.7 Å². The van der Waals surface area contributed by atoms with Gasteiger partial charge in [-0.15, -0.1) is 23.0 Å². The van der Waals surface area contributed by atoms with Crippen molar-refractivity contribution in [3.63, 3.8) is 0 Å². The summed E-state index contributed by atoms with van der Waals surface area (Å²) in [4.78, 5) is 42.1. The first-order chi connectivity index (χ1) is 16.7. The summed E-state index contributed by atoms with van der Waals surface area (Å²) in [6, 6.07) is 0. The van der Waals surface area contributed by atoms with E-state index in [9.17, 15) is 19.2 Å². The van der Waals surface area contributed by atoms with Gasteiger partial charge in [-0.2, -0.15) is 0 Å². The molecule has 0 heterocycles. The second kappa shape index (κ2) is 33.0. The van der Waals surface area contributed by atoms with Crippen LogP contribution in [0.25, 0.3) is 0 Å². The topological polar surface area (TPSA) is 105 Å². The zero-order chi connectivity index (χ0) is 29.1. The fraction of sp³-hybridized carbons (Fsp3) is 0.500. The molecule has 0 aromatic rings. The molecule has 0 spiro atoms. The first kappa shape index (κ1) is 45.8. The summed E-state index contributed by atoms with van der Waals surface area (Å²) < 4.78 is 18.4. The van der Waals surface area contributed by atoms with Gasteiger partial charge in [0.15, 0.2) is 0 Å². The maximum atomic E-state index is 10.5. The van der Waals surface area contributed by atoms with Gasteiger partial charge in [0, 0.05) is 22.3 Å². The Bertz CT molecular complexity index is 608. The van der Waals surface area contributed by atoms with Crippen LogP contribution in [-0.2, 0) is 110 Å². The van der Waals surface area contributed by atoms with Gasteiger partial charge in [-0.1, -0.05) is 26.3 Å². The molecule has 37 heavy (non-hydrogen) atoms. The van der Waals surface area contributed by atoms with Crippen molar-refractivity contribution in [1.82, 2.24) is 0 Å². The predicted molar refractivity (Wildman–Crippen MR) is 152 cm³/mol. The minimum Gasteiger partial charge on any atom is -0.789 e. The standard InChI is InChI=1S/4C6H10O2S.Ti/c4*1-5(2)6(7)8-3-4-9;/h4*9H,1,3-4H2,2H3;/q;;;;+4/p-4. The summed E-state index contributed by atoms with van der Waals surface area (Å²) >= 11 is 18.2. The van der Waals surface area contributed by atoms with E-state index in [1.165, 1.54) is 0 Å². The quantitative estimate of drug-likeness (QED) is 0.104. The average Bonchev–Trinajstić information content (AvgIpc) is 2.83. The molecular formula is C24H36O8S4Ti. The molecule has 13 heteroatoms. The maximum absolute atomic E-state index is 10.5. The summed E-state index contributed by atoms with van der Waals surface area (Å²) in [6.07, 6.45) is 0. The van der Waals surface area contributed by atoms with Crippen molar-refractivity contribution in [2.24, 2.45) is 0 Å². The summed E-state index contributed by atoms with van der Waals surface area (Å²) in [6.45, 7) is 21.2. The number of carbonyl (C=O) groups is 4. The second-order valence-electron chi connectivity index (χ2n) is 6.48. The Morgan fingerprint density at radius 3 is 0.676 bits per heavy atom. The second-order valence-corrected chi connectivity index (χ2v) is 8.11. The van der Waals surface area contributed by atoms with E-state index in [-0.39, 0.29) is 45.6 Å². The van der Waals surface area contributed by atoms with Gasteiger partial charge in [-0.05, 0) is 27.7 Å². The molecule has 0 rings (SSSR count). The van der Waals surface area contributed by atoms with Crippen LogP contribution in [0.15, 0.2) is 48.6 Å². The van der Waals surface area contributed by atoms with Crippen LogP contribution in [0.5, 0.6) is 0 Å². The van der Waals surface area contributed by atoms with Crippen molar-refractivity contribution < 1.29 is 59.8 Å². The van der Waals surface area contributed by atoms with Crippen LogP contribution < -0.4 is 0 Å². The molecule has 0 aromatic carbocycles. The number of rotatable bonds is 12. The molecule has 0 unspecified atom stereocenters. The molecule has 0 aliphatic heterocycles. The van der Waals surface area contributed by atoms with Gasteiger partial charge in [0.2, 0.25) is 0 Å². The molecule has 0 aliphatic rings. The third-order valence-corrected chi connectivity index (χ3v) is 3.33. The minimum atomic E-state index is -0.361. The average molecular weight is 629 g/mol. The van der Waals surface area contributed by atoms with E-state index < -0.39 is 0 Å². The first-order valence-corrected chi connectivity index (χ1v) is 12.7. The third-order valence-electron chi connectivity index (χ3n) is 2.66. The Morgan fingerprint density at radius 1 is 0.459 bits per heavy atom. The van der Waals surface area contributed by atoms with E-state index >= 15 is 0 Å². The zero-order valence-electron chi connectivity index (χ0n) is 21.9. The van der Waals surface area contributed by atoms with E-state index in [2.05, 4.69) is 95.8 Å². The van der Waals surface area contributed by atoms with Crippen LogP contribution in [0, 0.1) is 0 Å². The van der Waals surface area contributed by atoms with Gasteiger partial charge in [0.05, 0.1) is 26.4 Å². The van der Waals surface area contributed by atoms with Crippen LogP contribution in [-0.4, -0.2) is 73.3 Å². The van der Waals surface area contributed by atoms with Crippen LogP contribution in [0.2, 0.25) is 0 Å². The molecule has 0 amide bonds. The van der Waals surface area contributed by atoms with Crippen LogP contribution in [0.1, 0.15) is 27.7 Å². The summed E-state index contributed by atoms with van der Waals surface area (Å²) in [5.41, 5.74) is 1.66. The molecule has 0 radical (unpaired) electrons. The SMILES string of the molecule is C=C(C)C(=O)OCC[S-].C=C(C)C(=O)OCC[S-].C=C(C)C(=O)OCC[S-].C=C(C)C(=O)OCC[S-].[Ti+4]. The monoisotopic (exact) mass is 628 g/mol. The predicted octanol–water partition coefficient (Wildman–Crippen LogP) is 2.61. The molecular weight excluding hydrogens is 592 g/mol. The van der Waals surface area contributed by atoms with E-state index in [0.29, 0.717) is 71.7 Å². The Hall–Kier alpha value is -1.05. The number of esters is 4. The molecule has 0 aliphatic carbocycles. The largest absolute Gasteiger partial charge is 4.00 e. The van der Waals surface area contributed by atoms with Gasteiger partial charge in [-0.3, -0.25) is 0 Å². The van der Waals surface area contributed by atoms with Gasteiger partial charge in [0.1, 0.15) is 0 Å². The molecule has 0 fully saturated rings. The third kappa shape index (κ3) is 39.6. The van der Waals surface area contributed by atoms with Crippen LogP contribution in [0.4, 0.5) is 0 Å². The molecule has 0 atom stereocenters. The van der Waals surface area contributed by atoms with Crippen molar-refractivity contribution in [3.8, 4) is 0 Å². The molecule has 0 N–H and O–H groups in total. The zero-order valence-corrected chi connectivity index (χ0v) is 26.7. The molecule has 208 valence electrons. The smallest absolute Gasteiger partial charge is 0.789 e. The number of ether oxygens (including phenoxy) is 4. The normalized spacial score (nSPS) is 8.43. The van der Waals surface area contributed by atoms with Gasteiger partial charge in [0.25, 0.3) is 0 Å². The Kier molecular flexibility index (Phi) is 40.9. The molecule has 0 saturated heterocycles. The number of hydrogen-bond acceptors (Lipinski definition) is 12. The fourth-order valence-corrected chi connectivity index (χ4v) is 1.36. The Balaban J connectivity index is -0.000000122. The van der Waals surface area contributed by atoms with Crippen molar-refractivity contribution >= 4 is 74.4 Å². The molecule has 0 saturated carbocycles. The van der Waals surface area contributed by atoms with Gasteiger partial charge >= 0.3 is 45.6 Å².